The minimum absolute atomic E-state index is 0.158. The molecule has 0 radical (unpaired) electrons. The summed E-state index contributed by atoms with van der Waals surface area (Å²) in [6.45, 7) is 0. The highest BCUT2D eigenvalue weighted by Crippen LogP contribution is 2.26. The Morgan fingerprint density at radius 3 is 2.60 bits per heavy atom. The van der Waals surface area contributed by atoms with Crippen molar-refractivity contribution in [3.63, 3.8) is 0 Å². The van der Waals surface area contributed by atoms with Crippen molar-refractivity contribution >= 4 is 32.8 Å². The van der Waals surface area contributed by atoms with Crippen LogP contribution in [0.25, 0.3) is 22.2 Å². The molecule has 3 aromatic rings. The summed E-state index contributed by atoms with van der Waals surface area (Å²) < 4.78 is 0.917. The van der Waals surface area contributed by atoms with Gasteiger partial charge in [0.1, 0.15) is 0 Å². The van der Waals surface area contributed by atoms with E-state index in [1.165, 1.54) is 0 Å². The SMILES string of the molecule is O=C([O-])c1cc(-c2cccc(Br)c2)nc2ccccc12. The molecule has 98 valence electrons. The molecule has 0 aliphatic rings. The molecular formula is C16H9BrNO2-. The lowest BCUT2D eigenvalue weighted by atomic mass is 10.0. The molecule has 0 saturated carbocycles. The molecule has 1 heterocycles. The first-order valence-corrected chi connectivity index (χ1v) is 6.81. The van der Waals surface area contributed by atoms with E-state index in [1.807, 2.05) is 30.3 Å². The van der Waals surface area contributed by atoms with E-state index in [4.69, 9.17) is 0 Å². The number of carboxylic acid groups (broad SMARTS) is 1. The second kappa shape index (κ2) is 5.06. The van der Waals surface area contributed by atoms with E-state index in [1.54, 1.807) is 24.3 Å². The lowest BCUT2D eigenvalue weighted by Gasteiger charge is -2.10. The number of rotatable bonds is 2. The molecule has 0 amide bonds. The van der Waals surface area contributed by atoms with E-state index in [9.17, 15) is 9.90 Å². The number of nitrogens with zero attached hydrogens (tertiary/aromatic N) is 1. The van der Waals surface area contributed by atoms with E-state index >= 15 is 0 Å². The molecule has 0 bridgehead atoms. The summed E-state index contributed by atoms with van der Waals surface area (Å²) in [5.41, 5.74) is 2.27. The molecule has 3 nitrogen and oxygen atoms in total. The van der Waals surface area contributed by atoms with Gasteiger partial charge in [-0.25, -0.2) is 4.98 Å². The van der Waals surface area contributed by atoms with Crippen LogP contribution in [-0.2, 0) is 0 Å². The van der Waals surface area contributed by atoms with Gasteiger partial charge in [-0.2, -0.15) is 0 Å². The van der Waals surface area contributed by atoms with Crippen molar-refractivity contribution in [2.45, 2.75) is 0 Å². The monoisotopic (exact) mass is 326 g/mol. The molecule has 0 atom stereocenters. The van der Waals surface area contributed by atoms with Gasteiger partial charge in [0.2, 0.25) is 0 Å². The topological polar surface area (TPSA) is 53.0 Å². The van der Waals surface area contributed by atoms with Gasteiger partial charge in [0.25, 0.3) is 0 Å². The number of carboxylic acids is 1. The van der Waals surface area contributed by atoms with Gasteiger partial charge in [-0.3, -0.25) is 0 Å². The van der Waals surface area contributed by atoms with E-state index in [-0.39, 0.29) is 5.56 Å². The van der Waals surface area contributed by atoms with Gasteiger partial charge in [-0.05, 0) is 24.3 Å². The highest BCUT2D eigenvalue weighted by Gasteiger charge is 2.08. The Balaban J connectivity index is 2.30. The van der Waals surface area contributed by atoms with Crippen LogP contribution in [0.5, 0.6) is 0 Å². The molecule has 2 aromatic carbocycles. The molecule has 3 rings (SSSR count). The highest BCUT2D eigenvalue weighted by molar-refractivity contribution is 9.10. The van der Waals surface area contributed by atoms with Gasteiger partial charge in [0.15, 0.2) is 0 Å². The Morgan fingerprint density at radius 1 is 1.05 bits per heavy atom. The maximum Gasteiger partial charge on any atom is 0.0722 e. The highest BCUT2D eigenvalue weighted by atomic mass is 79.9. The number of aromatic nitrogens is 1. The zero-order chi connectivity index (χ0) is 14.1. The summed E-state index contributed by atoms with van der Waals surface area (Å²) >= 11 is 3.40. The Bertz CT molecular complexity index is 814. The number of hydrogen-bond donors (Lipinski definition) is 0. The number of hydrogen-bond acceptors (Lipinski definition) is 3. The third-order valence-corrected chi connectivity index (χ3v) is 3.55. The number of para-hydroxylation sites is 1. The molecule has 0 saturated heterocycles. The lowest BCUT2D eigenvalue weighted by Crippen LogP contribution is -2.22. The Hall–Kier alpha value is -2.20. The average molecular weight is 327 g/mol. The number of carbonyl (C=O) groups excluding carboxylic acids is 1. The molecule has 1 aromatic heterocycles. The Morgan fingerprint density at radius 2 is 1.85 bits per heavy atom. The van der Waals surface area contributed by atoms with Crippen LogP contribution in [0.4, 0.5) is 0 Å². The van der Waals surface area contributed by atoms with Crippen molar-refractivity contribution in [2.24, 2.45) is 0 Å². The molecule has 20 heavy (non-hydrogen) atoms. The van der Waals surface area contributed by atoms with Crippen molar-refractivity contribution in [1.82, 2.24) is 4.98 Å². The van der Waals surface area contributed by atoms with Crippen LogP contribution in [0.15, 0.2) is 59.1 Å². The van der Waals surface area contributed by atoms with Crippen molar-refractivity contribution in [3.05, 3.63) is 64.6 Å². The summed E-state index contributed by atoms with van der Waals surface area (Å²) in [7, 11) is 0. The van der Waals surface area contributed by atoms with E-state index in [0.29, 0.717) is 16.6 Å². The molecule has 0 aliphatic carbocycles. The van der Waals surface area contributed by atoms with Crippen LogP contribution in [0.2, 0.25) is 0 Å². The third-order valence-electron chi connectivity index (χ3n) is 3.06. The van der Waals surface area contributed by atoms with Gasteiger partial charge < -0.3 is 9.90 Å². The first-order valence-electron chi connectivity index (χ1n) is 6.02. The average Bonchev–Trinajstić information content (AvgIpc) is 2.46. The molecule has 0 fully saturated rings. The zero-order valence-corrected chi connectivity index (χ0v) is 11.9. The van der Waals surface area contributed by atoms with Crippen LogP contribution in [0.1, 0.15) is 10.4 Å². The second-order valence-electron chi connectivity index (χ2n) is 4.37. The van der Waals surface area contributed by atoms with Gasteiger partial charge in [0, 0.05) is 21.0 Å². The van der Waals surface area contributed by atoms with E-state index < -0.39 is 5.97 Å². The number of fused-ring (bicyclic) bond motifs is 1. The van der Waals surface area contributed by atoms with E-state index in [2.05, 4.69) is 20.9 Å². The maximum absolute atomic E-state index is 11.3. The number of benzene rings is 2. The number of carbonyl (C=O) groups is 1. The summed E-state index contributed by atoms with van der Waals surface area (Å²) in [5.74, 6) is -1.19. The fourth-order valence-electron chi connectivity index (χ4n) is 2.14. The largest absolute Gasteiger partial charge is 0.545 e. The normalized spacial score (nSPS) is 10.7. The number of pyridine rings is 1. The molecular weight excluding hydrogens is 318 g/mol. The van der Waals surface area contributed by atoms with Gasteiger partial charge in [-0.1, -0.05) is 46.3 Å². The van der Waals surface area contributed by atoms with Gasteiger partial charge in [-0.15, -0.1) is 0 Å². The fourth-order valence-corrected chi connectivity index (χ4v) is 2.54. The first-order chi connectivity index (χ1) is 9.65. The predicted molar refractivity (Wildman–Crippen MR) is 79.2 cm³/mol. The number of halogens is 1. The summed E-state index contributed by atoms with van der Waals surface area (Å²) in [6, 6.07) is 16.3. The Labute approximate surface area is 124 Å². The lowest BCUT2D eigenvalue weighted by molar-refractivity contribution is -0.254. The summed E-state index contributed by atoms with van der Waals surface area (Å²) in [5, 5.41) is 11.9. The van der Waals surface area contributed by atoms with Gasteiger partial charge >= 0.3 is 0 Å². The van der Waals surface area contributed by atoms with Crippen LogP contribution < -0.4 is 5.11 Å². The summed E-state index contributed by atoms with van der Waals surface area (Å²) in [4.78, 5) is 15.8. The predicted octanol–water partition coefficient (Wildman–Crippen LogP) is 3.03. The van der Waals surface area contributed by atoms with Crippen molar-refractivity contribution < 1.29 is 9.90 Å². The molecule has 0 spiro atoms. The van der Waals surface area contributed by atoms with Crippen LogP contribution in [0.3, 0.4) is 0 Å². The smallest absolute Gasteiger partial charge is 0.0722 e. The second-order valence-corrected chi connectivity index (χ2v) is 5.29. The molecule has 0 aliphatic heterocycles. The van der Waals surface area contributed by atoms with Gasteiger partial charge in [0.05, 0.1) is 17.2 Å². The van der Waals surface area contributed by atoms with Crippen LogP contribution >= 0.6 is 15.9 Å². The zero-order valence-electron chi connectivity index (χ0n) is 10.3. The summed E-state index contributed by atoms with van der Waals surface area (Å²) in [6.07, 6.45) is 0. The molecule has 0 N–H and O–H groups in total. The third kappa shape index (κ3) is 2.30. The standard InChI is InChI=1S/C16H10BrNO2/c17-11-5-3-4-10(8-11)15-9-13(16(19)20)12-6-1-2-7-14(12)18-15/h1-9H,(H,19,20)/p-1. The molecule has 4 heteroatoms. The Kier molecular flexibility index (Phi) is 3.24. The minimum atomic E-state index is -1.19. The fraction of sp³-hybridized carbons (Fsp3) is 0. The van der Waals surface area contributed by atoms with Crippen LogP contribution in [-0.4, -0.2) is 11.0 Å². The van der Waals surface area contributed by atoms with Crippen molar-refractivity contribution in [3.8, 4) is 11.3 Å². The van der Waals surface area contributed by atoms with Crippen molar-refractivity contribution in [1.29, 1.82) is 0 Å². The molecule has 0 unspecified atom stereocenters. The maximum atomic E-state index is 11.3. The van der Waals surface area contributed by atoms with Crippen LogP contribution in [0, 0.1) is 0 Å². The number of aromatic carboxylic acids is 1. The quantitative estimate of drug-likeness (QED) is 0.727. The minimum Gasteiger partial charge on any atom is -0.545 e. The van der Waals surface area contributed by atoms with E-state index in [0.717, 1.165) is 10.0 Å². The van der Waals surface area contributed by atoms with Crippen molar-refractivity contribution in [2.75, 3.05) is 0 Å². The first kappa shape index (κ1) is 12.8.